The van der Waals surface area contributed by atoms with E-state index in [2.05, 4.69) is 26.2 Å². The van der Waals surface area contributed by atoms with Gasteiger partial charge >= 0.3 is 0 Å². The average molecular weight is 336 g/mol. The van der Waals surface area contributed by atoms with Crippen LogP contribution in [0.3, 0.4) is 0 Å². The zero-order chi connectivity index (χ0) is 13.8. The van der Waals surface area contributed by atoms with E-state index in [-0.39, 0.29) is 10.9 Å². The van der Waals surface area contributed by atoms with E-state index in [0.29, 0.717) is 21.3 Å². The molecule has 0 atom stereocenters. The quantitative estimate of drug-likeness (QED) is 0.846. The number of thiocarbonyl (C=S) groups is 1. The minimum atomic E-state index is -0.231. The molecule has 1 heterocycles. The first kappa shape index (κ1) is 13.6. The number of anilines is 1. The lowest BCUT2D eigenvalue weighted by Gasteiger charge is -2.07. The van der Waals surface area contributed by atoms with Crippen LogP contribution in [-0.4, -0.2) is 15.9 Å². The van der Waals surface area contributed by atoms with Crippen molar-refractivity contribution >= 4 is 44.7 Å². The van der Waals surface area contributed by atoms with Gasteiger partial charge in [0.15, 0.2) is 0 Å². The highest BCUT2D eigenvalue weighted by Gasteiger charge is 2.09. The van der Waals surface area contributed by atoms with Gasteiger partial charge in [0.2, 0.25) is 0 Å². The van der Waals surface area contributed by atoms with Crippen LogP contribution in [0.4, 0.5) is 5.69 Å². The van der Waals surface area contributed by atoms with Gasteiger partial charge in [0.25, 0.3) is 5.91 Å². The zero-order valence-corrected chi connectivity index (χ0v) is 12.2. The third-order valence-corrected chi connectivity index (χ3v) is 3.30. The summed E-state index contributed by atoms with van der Waals surface area (Å²) in [5, 5.41) is 2.78. The van der Waals surface area contributed by atoms with Crippen molar-refractivity contribution in [1.82, 2.24) is 4.98 Å². The third-order valence-electron chi connectivity index (χ3n) is 2.43. The second-order valence-electron chi connectivity index (χ2n) is 3.75. The van der Waals surface area contributed by atoms with Gasteiger partial charge in [-0.25, -0.2) is 0 Å². The van der Waals surface area contributed by atoms with Gasteiger partial charge in [-0.1, -0.05) is 24.4 Å². The predicted molar refractivity (Wildman–Crippen MR) is 82.2 cm³/mol. The zero-order valence-electron chi connectivity index (χ0n) is 9.76. The number of aromatic nitrogens is 1. The molecule has 0 aliphatic carbocycles. The van der Waals surface area contributed by atoms with Crippen LogP contribution in [0.15, 0.2) is 47.2 Å². The maximum atomic E-state index is 12.1. The fraction of sp³-hybridized carbons (Fsp3) is 0. The highest BCUT2D eigenvalue weighted by atomic mass is 79.9. The van der Waals surface area contributed by atoms with Crippen LogP contribution in [-0.2, 0) is 0 Å². The van der Waals surface area contributed by atoms with E-state index in [0.717, 1.165) is 0 Å². The Balaban J connectivity index is 2.23. The topological polar surface area (TPSA) is 68.0 Å². The molecule has 96 valence electrons. The number of carbonyl (C=O) groups excluding carboxylic acids is 1. The van der Waals surface area contributed by atoms with E-state index < -0.39 is 0 Å². The van der Waals surface area contributed by atoms with Crippen LogP contribution in [0.1, 0.15) is 15.9 Å². The van der Waals surface area contributed by atoms with Gasteiger partial charge in [0.1, 0.15) is 4.99 Å². The van der Waals surface area contributed by atoms with Crippen molar-refractivity contribution in [2.45, 2.75) is 0 Å². The Bertz CT molecular complexity index is 645. The SMILES string of the molecule is NC(=S)c1cccc(C(=O)Nc2ccncc2Br)c1. The van der Waals surface area contributed by atoms with E-state index in [1.165, 1.54) is 0 Å². The summed E-state index contributed by atoms with van der Waals surface area (Å²) in [6.45, 7) is 0. The lowest BCUT2D eigenvalue weighted by atomic mass is 10.1. The summed E-state index contributed by atoms with van der Waals surface area (Å²) >= 11 is 8.21. The van der Waals surface area contributed by atoms with Gasteiger partial charge in [-0.3, -0.25) is 9.78 Å². The van der Waals surface area contributed by atoms with Crippen LogP contribution >= 0.6 is 28.1 Å². The van der Waals surface area contributed by atoms with Crippen molar-refractivity contribution in [3.8, 4) is 0 Å². The van der Waals surface area contributed by atoms with Gasteiger partial charge in [0.05, 0.1) is 10.2 Å². The number of amides is 1. The molecule has 0 saturated carbocycles. The fourth-order valence-corrected chi connectivity index (χ4v) is 1.96. The molecule has 1 amide bonds. The summed E-state index contributed by atoms with van der Waals surface area (Å²) in [6.07, 6.45) is 3.22. The molecule has 0 aliphatic rings. The molecule has 0 fully saturated rings. The summed E-state index contributed by atoms with van der Waals surface area (Å²) in [6, 6.07) is 8.57. The van der Waals surface area contributed by atoms with Gasteiger partial charge in [-0.05, 0) is 34.1 Å². The molecule has 3 N–H and O–H groups in total. The number of nitrogens with two attached hydrogens (primary N) is 1. The molecule has 2 rings (SSSR count). The molecule has 1 aromatic carbocycles. The monoisotopic (exact) mass is 335 g/mol. The number of benzene rings is 1. The highest BCUT2D eigenvalue weighted by molar-refractivity contribution is 9.10. The van der Waals surface area contributed by atoms with Crippen LogP contribution in [0.2, 0.25) is 0 Å². The van der Waals surface area contributed by atoms with Gasteiger partial charge < -0.3 is 11.1 Å². The van der Waals surface area contributed by atoms with Crippen molar-refractivity contribution < 1.29 is 4.79 Å². The Kier molecular flexibility index (Phi) is 4.24. The molecule has 19 heavy (non-hydrogen) atoms. The third kappa shape index (κ3) is 3.36. The second-order valence-corrected chi connectivity index (χ2v) is 5.05. The summed E-state index contributed by atoms with van der Waals surface area (Å²) in [5.41, 5.74) is 7.35. The molecule has 4 nitrogen and oxygen atoms in total. The number of hydrogen-bond acceptors (Lipinski definition) is 3. The number of rotatable bonds is 3. The average Bonchev–Trinajstić information content (AvgIpc) is 2.41. The lowest BCUT2D eigenvalue weighted by Crippen LogP contribution is -2.15. The highest BCUT2D eigenvalue weighted by Crippen LogP contribution is 2.20. The predicted octanol–water partition coefficient (Wildman–Crippen LogP) is 2.73. The Morgan fingerprint density at radius 3 is 2.74 bits per heavy atom. The standard InChI is InChI=1S/C13H10BrN3OS/c14-10-7-16-5-4-11(10)17-13(18)9-3-1-2-8(6-9)12(15)19/h1-7H,(H2,15,19)(H,16,17,18). The number of halogens is 1. The van der Waals surface area contributed by atoms with Crippen LogP contribution in [0.25, 0.3) is 0 Å². The molecule has 0 bridgehead atoms. The van der Waals surface area contributed by atoms with Crippen LogP contribution in [0.5, 0.6) is 0 Å². The summed E-state index contributed by atoms with van der Waals surface area (Å²) in [4.78, 5) is 16.3. The maximum Gasteiger partial charge on any atom is 0.255 e. The normalized spacial score (nSPS) is 9.95. The number of hydrogen-bond donors (Lipinski definition) is 2. The summed E-state index contributed by atoms with van der Waals surface area (Å²) in [7, 11) is 0. The molecule has 6 heteroatoms. The Hall–Kier alpha value is -1.79. The first-order valence-corrected chi connectivity index (χ1v) is 6.59. The van der Waals surface area contributed by atoms with Crippen molar-refractivity contribution in [1.29, 1.82) is 0 Å². The Labute approximate surface area is 124 Å². The lowest BCUT2D eigenvalue weighted by molar-refractivity contribution is 0.102. The van der Waals surface area contributed by atoms with Crippen LogP contribution in [0, 0.1) is 0 Å². The van der Waals surface area contributed by atoms with Gasteiger partial charge in [-0.2, -0.15) is 0 Å². The first-order chi connectivity index (χ1) is 9.08. The van der Waals surface area contributed by atoms with E-state index in [9.17, 15) is 4.79 Å². The maximum absolute atomic E-state index is 12.1. The fourth-order valence-electron chi connectivity index (χ4n) is 1.48. The molecule has 0 spiro atoms. The van der Waals surface area contributed by atoms with E-state index in [4.69, 9.17) is 18.0 Å². The summed E-state index contributed by atoms with van der Waals surface area (Å²) < 4.78 is 0.717. The molecule has 0 saturated heterocycles. The number of carbonyl (C=O) groups is 1. The molecule has 0 aliphatic heterocycles. The van der Waals surface area contributed by atoms with Crippen molar-refractivity contribution in [2.75, 3.05) is 5.32 Å². The number of nitrogens with one attached hydrogen (secondary N) is 1. The van der Waals surface area contributed by atoms with Gasteiger partial charge in [-0.15, -0.1) is 0 Å². The number of pyridine rings is 1. The Morgan fingerprint density at radius 2 is 2.05 bits per heavy atom. The van der Waals surface area contributed by atoms with Crippen molar-refractivity contribution in [3.63, 3.8) is 0 Å². The van der Waals surface area contributed by atoms with Crippen LogP contribution < -0.4 is 11.1 Å². The minimum Gasteiger partial charge on any atom is -0.389 e. The molecule has 0 unspecified atom stereocenters. The van der Waals surface area contributed by atoms with E-state index in [1.807, 2.05) is 0 Å². The van der Waals surface area contributed by atoms with E-state index >= 15 is 0 Å². The molecular formula is C13H10BrN3OS. The number of nitrogens with zero attached hydrogens (tertiary/aromatic N) is 1. The second kappa shape index (κ2) is 5.90. The Morgan fingerprint density at radius 1 is 1.32 bits per heavy atom. The molecule has 2 aromatic rings. The van der Waals surface area contributed by atoms with Crippen molar-refractivity contribution in [3.05, 3.63) is 58.3 Å². The first-order valence-electron chi connectivity index (χ1n) is 5.38. The van der Waals surface area contributed by atoms with E-state index in [1.54, 1.807) is 42.7 Å². The minimum absolute atomic E-state index is 0.231. The summed E-state index contributed by atoms with van der Waals surface area (Å²) in [5.74, 6) is -0.231. The smallest absolute Gasteiger partial charge is 0.255 e. The molecule has 1 aromatic heterocycles. The molecule has 0 radical (unpaired) electrons. The largest absolute Gasteiger partial charge is 0.389 e. The van der Waals surface area contributed by atoms with Crippen molar-refractivity contribution in [2.24, 2.45) is 5.73 Å². The molecular weight excluding hydrogens is 326 g/mol. The van der Waals surface area contributed by atoms with Gasteiger partial charge in [0, 0.05) is 23.5 Å².